The number of carbonyl (C=O) groups excluding carboxylic acids is 2. The van der Waals surface area contributed by atoms with Crippen LogP contribution in [0, 0.1) is 0 Å². The third-order valence-electron chi connectivity index (χ3n) is 4.35. The lowest BCUT2D eigenvalue weighted by atomic mass is 10.1. The molecular weight excluding hydrogens is 381 g/mol. The van der Waals surface area contributed by atoms with Crippen LogP contribution < -0.4 is 5.32 Å². The third-order valence-corrected chi connectivity index (χ3v) is 4.35. The Morgan fingerprint density at radius 1 is 0.931 bits per heavy atom. The molecule has 0 unspecified atom stereocenters. The maximum atomic E-state index is 12.8. The highest BCUT2D eigenvalue weighted by Crippen LogP contribution is 2.29. The SMILES string of the molecule is CCCN(CCC)C(=O)c1cccc(C(=O)NCc2cccc(C(F)(F)F)c2)c1. The Morgan fingerprint density at radius 3 is 2.17 bits per heavy atom. The predicted octanol–water partition coefficient (Wildman–Crippen LogP) is 4.90. The Kier molecular flexibility index (Phi) is 7.82. The Labute approximate surface area is 168 Å². The van der Waals surface area contributed by atoms with Crippen LogP contribution in [0.3, 0.4) is 0 Å². The highest BCUT2D eigenvalue weighted by atomic mass is 19.4. The van der Waals surface area contributed by atoms with Gasteiger partial charge in [0.05, 0.1) is 5.56 Å². The molecule has 0 bridgehead atoms. The fraction of sp³-hybridized carbons (Fsp3) is 0.364. The van der Waals surface area contributed by atoms with E-state index in [1.165, 1.54) is 18.2 Å². The highest BCUT2D eigenvalue weighted by Gasteiger charge is 2.30. The van der Waals surface area contributed by atoms with Crippen molar-refractivity contribution in [1.82, 2.24) is 10.2 Å². The molecule has 2 amide bonds. The van der Waals surface area contributed by atoms with E-state index in [1.54, 1.807) is 23.1 Å². The first kappa shape index (κ1) is 22.5. The summed E-state index contributed by atoms with van der Waals surface area (Å²) in [7, 11) is 0. The van der Waals surface area contributed by atoms with E-state index in [2.05, 4.69) is 5.32 Å². The molecule has 7 heteroatoms. The summed E-state index contributed by atoms with van der Waals surface area (Å²) in [6.07, 6.45) is -2.76. The van der Waals surface area contributed by atoms with Gasteiger partial charge >= 0.3 is 6.18 Å². The average molecular weight is 406 g/mol. The first-order chi connectivity index (χ1) is 13.8. The zero-order valence-electron chi connectivity index (χ0n) is 16.6. The second kappa shape index (κ2) is 10.1. The monoisotopic (exact) mass is 406 g/mol. The van der Waals surface area contributed by atoms with Gasteiger partial charge in [-0.15, -0.1) is 0 Å². The first-order valence-electron chi connectivity index (χ1n) is 9.60. The van der Waals surface area contributed by atoms with E-state index in [0.29, 0.717) is 24.2 Å². The molecule has 29 heavy (non-hydrogen) atoms. The lowest BCUT2D eigenvalue weighted by Crippen LogP contribution is -2.32. The van der Waals surface area contributed by atoms with Gasteiger partial charge in [0.1, 0.15) is 0 Å². The van der Waals surface area contributed by atoms with Gasteiger partial charge in [-0.2, -0.15) is 13.2 Å². The number of nitrogens with zero attached hydrogens (tertiary/aromatic N) is 1. The van der Waals surface area contributed by atoms with E-state index in [1.807, 2.05) is 13.8 Å². The zero-order chi connectivity index (χ0) is 21.4. The Hall–Kier alpha value is -2.83. The van der Waals surface area contributed by atoms with Crippen LogP contribution in [0.25, 0.3) is 0 Å². The van der Waals surface area contributed by atoms with Gasteiger partial charge in [0.15, 0.2) is 0 Å². The number of hydrogen-bond donors (Lipinski definition) is 1. The Morgan fingerprint density at radius 2 is 1.55 bits per heavy atom. The number of nitrogens with one attached hydrogen (secondary N) is 1. The van der Waals surface area contributed by atoms with Crippen molar-refractivity contribution < 1.29 is 22.8 Å². The van der Waals surface area contributed by atoms with Crippen LogP contribution >= 0.6 is 0 Å². The molecular formula is C22H25F3N2O2. The molecule has 0 aliphatic carbocycles. The molecule has 0 spiro atoms. The summed E-state index contributed by atoms with van der Waals surface area (Å²) < 4.78 is 38.4. The summed E-state index contributed by atoms with van der Waals surface area (Å²) in [5, 5.41) is 2.61. The van der Waals surface area contributed by atoms with Gasteiger partial charge < -0.3 is 10.2 Å². The minimum absolute atomic E-state index is 0.0429. The van der Waals surface area contributed by atoms with E-state index >= 15 is 0 Å². The number of halogens is 3. The van der Waals surface area contributed by atoms with E-state index in [-0.39, 0.29) is 18.0 Å². The van der Waals surface area contributed by atoms with Crippen LogP contribution in [0.5, 0.6) is 0 Å². The molecule has 0 saturated heterocycles. The molecule has 0 fully saturated rings. The summed E-state index contributed by atoms with van der Waals surface area (Å²) in [5.74, 6) is -0.587. The topological polar surface area (TPSA) is 49.4 Å². The van der Waals surface area contributed by atoms with Gasteiger partial charge in [0.25, 0.3) is 11.8 Å². The molecule has 0 aliphatic rings. The van der Waals surface area contributed by atoms with Crippen LogP contribution in [0.15, 0.2) is 48.5 Å². The largest absolute Gasteiger partial charge is 0.416 e. The second-order valence-electron chi connectivity index (χ2n) is 6.75. The van der Waals surface area contributed by atoms with Crippen molar-refractivity contribution in [1.29, 1.82) is 0 Å². The average Bonchev–Trinajstić information content (AvgIpc) is 2.71. The van der Waals surface area contributed by atoms with Crippen LogP contribution in [0.1, 0.15) is 58.5 Å². The third kappa shape index (κ3) is 6.34. The van der Waals surface area contributed by atoms with Crippen molar-refractivity contribution in [2.24, 2.45) is 0 Å². The number of benzene rings is 2. The highest BCUT2D eigenvalue weighted by molar-refractivity contribution is 5.99. The molecule has 2 aromatic rings. The molecule has 0 heterocycles. The molecule has 0 saturated carbocycles. The molecule has 4 nitrogen and oxygen atoms in total. The number of hydrogen-bond acceptors (Lipinski definition) is 2. The molecule has 0 radical (unpaired) electrons. The molecule has 0 aliphatic heterocycles. The fourth-order valence-electron chi connectivity index (χ4n) is 2.97. The second-order valence-corrected chi connectivity index (χ2v) is 6.75. The maximum Gasteiger partial charge on any atom is 0.416 e. The van der Waals surface area contributed by atoms with Gasteiger partial charge in [0, 0.05) is 30.8 Å². The number of rotatable bonds is 8. The Balaban J connectivity index is 2.09. The molecule has 2 aromatic carbocycles. The maximum absolute atomic E-state index is 12.8. The molecule has 0 atom stereocenters. The summed E-state index contributed by atoms with van der Waals surface area (Å²) in [4.78, 5) is 26.9. The number of amides is 2. The van der Waals surface area contributed by atoms with Crippen molar-refractivity contribution in [2.45, 2.75) is 39.4 Å². The predicted molar refractivity (Wildman–Crippen MR) is 106 cm³/mol. The van der Waals surface area contributed by atoms with Gasteiger partial charge in [-0.3, -0.25) is 9.59 Å². The summed E-state index contributed by atoms with van der Waals surface area (Å²) in [6.45, 7) is 5.22. The van der Waals surface area contributed by atoms with Crippen molar-refractivity contribution in [3.8, 4) is 0 Å². The van der Waals surface area contributed by atoms with E-state index in [0.717, 1.165) is 25.0 Å². The lowest BCUT2D eigenvalue weighted by molar-refractivity contribution is -0.137. The summed E-state index contributed by atoms with van der Waals surface area (Å²) >= 11 is 0. The van der Waals surface area contributed by atoms with Gasteiger partial charge in [-0.25, -0.2) is 0 Å². The van der Waals surface area contributed by atoms with E-state index in [4.69, 9.17) is 0 Å². The Bertz CT molecular complexity index is 844. The quantitative estimate of drug-likeness (QED) is 0.678. The molecule has 156 valence electrons. The van der Waals surface area contributed by atoms with Gasteiger partial charge in [-0.05, 0) is 48.7 Å². The van der Waals surface area contributed by atoms with Crippen molar-refractivity contribution >= 4 is 11.8 Å². The fourth-order valence-corrected chi connectivity index (χ4v) is 2.97. The minimum Gasteiger partial charge on any atom is -0.348 e. The minimum atomic E-state index is -4.43. The van der Waals surface area contributed by atoms with Gasteiger partial charge in [-0.1, -0.05) is 32.0 Å². The van der Waals surface area contributed by atoms with Crippen molar-refractivity contribution in [3.05, 3.63) is 70.8 Å². The molecule has 2 rings (SSSR count). The smallest absolute Gasteiger partial charge is 0.348 e. The molecule has 1 N–H and O–H groups in total. The zero-order valence-corrected chi connectivity index (χ0v) is 16.6. The molecule has 0 aromatic heterocycles. The standard InChI is InChI=1S/C22H25F3N2O2/c1-3-11-27(12-4-2)21(29)18-9-6-8-17(14-18)20(28)26-15-16-7-5-10-19(13-16)22(23,24)25/h5-10,13-14H,3-4,11-12,15H2,1-2H3,(H,26,28). The summed E-state index contributed by atoms with van der Waals surface area (Å²) in [5.41, 5.74) is 0.288. The van der Waals surface area contributed by atoms with Crippen molar-refractivity contribution in [2.75, 3.05) is 13.1 Å². The summed E-state index contributed by atoms with van der Waals surface area (Å²) in [6, 6.07) is 11.2. The first-order valence-corrected chi connectivity index (χ1v) is 9.60. The number of carbonyl (C=O) groups is 2. The van der Waals surface area contributed by atoms with Crippen LogP contribution in [-0.2, 0) is 12.7 Å². The normalized spacial score (nSPS) is 11.2. The van der Waals surface area contributed by atoms with Crippen LogP contribution in [0.2, 0.25) is 0 Å². The lowest BCUT2D eigenvalue weighted by Gasteiger charge is -2.21. The van der Waals surface area contributed by atoms with E-state index in [9.17, 15) is 22.8 Å². The van der Waals surface area contributed by atoms with E-state index < -0.39 is 17.6 Å². The van der Waals surface area contributed by atoms with Crippen molar-refractivity contribution in [3.63, 3.8) is 0 Å². The van der Waals surface area contributed by atoms with Crippen LogP contribution in [-0.4, -0.2) is 29.8 Å². The van der Waals surface area contributed by atoms with Gasteiger partial charge in [0.2, 0.25) is 0 Å². The number of alkyl halides is 3. The van der Waals surface area contributed by atoms with Crippen LogP contribution in [0.4, 0.5) is 13.2 Å².